The molecule has 0 aliphatic heterocycles. The van der Waals surface area contributed by atoms with Crippen molar-refractivity contribution in [1.29, 1.82) is 0 Å². The topological polar surface area (TPSA) is 55.8 Å². The van der Waals surface area contributed by atoms with E-state index in [2.05, 4.69) is 36.8 Å². The van der Waals surface area contributed by atoms with E-state index in [1.807, 2.05) is 12.1 Å². The molecule has 4 heteroatoms. The molecule has 4 nitrogen and oxygen atoms in total. The van der Waals surface area contributed by atoms with Gasteiger partial charge < -0.3 is 14.6 Å². The van der Waals surface area contributed by atoms with Crippen molar-refractivity contribution in [2.24, 2.45) is 0 Å². The van der Waals surface area contributed by atoms with Crippen LogP contribution in [0, 0.1) is 0 Å². The lowest BCUT2D eigenvalue weighted by atomic mass is 10.0. The van der Waals surface area contributed by atoms with Crippen molar-refractivity contribution in [1.82, 2.24) is 0 Å². The fourth-order valence-corrected chi connectivity index (χ4v) is 2.57. The minimum Gasteiger partial charge on any atom is -0.489 e. The number of carbonyl (C=O) groups excluding carboxylic acids is 1. The summed E-state index contributed by atoms with van der Waals surface area (Å²) in [7, 11) is 1.26. The summed E-state index contributed by atoms with van der Waals surface area (Å²) in [6.07, 6.45) is 0.520. The minimum atomic E-state index is -1.30. The van der Waals surface area contributed by atoms with Crippen LogP contribution < -0.4 is 4.74 Å². The molecule has 0 saturated heterocycles. The highest BCUT2D eigenvalue weighted by atomic mass is 16.5. The Labute approximate surface area is 143 Å². The minimum absolute atomic E-state index is 0.282. The molecule has 0 amide bonds. The Bertz CT molecular complexity index is 694. The summed E-state index contributed by atoms with van der Waals surface area (Å²) in [5, 5.41) is 10.1. The van der Waals surface area contributed by atoms with Crippen LogP contribution in [0.25, 0.3) is 0 Å². The molecule has 0 aliphatic rings. The summed E-state index contributed by atoms with van der Waals surface area (Å²) < 4.78 is 10.6. The van der Waals surface area contributed by atoms with E-state index in [1.165, 1.54) is 12.7 Å². The highest BCUT2D eigenvalue weighted by Crippen LogP contribution is 2.25. The molecule has 1 unspecified atom stereocenters. The number of hydrogen-bond donors (Lipinski definition) is 1. The van der Waals surface area contributed by atoms with Gasteiger partial charge in [-0.3, -0.25) is 0 Å². The average Bonchev–Trinajstić information content (AvgIpc) is 2.64. The number of carbonyl (C=O) groups is 1. The van der Waals surface area contributed by atoms with Crippen molar-refractivity contribution in [3.05, 3.63) is 64.7 Å². The molecule has 0 bridgehead atoms. The Balaban J connectivity index is 2.22. The van der Waals surface area contributed by atoms with Crippen LogP contribution in [0.3, 0.4) is 0 Å². The van der Waals surface area contributed by atoms with Crippen molar-refractivity contribution < 1.29 is 19.4 Å². The Hall–Kier alpha value is -2.33. The molecule has 0 saturated carbocycles. The van der Waals surface area contributed by atoms with Gasteiger partial charge in [-0.25, -0.2) is 4.79 Å². The van der Waals surface area contributed by atoms with Crippen LogP contribution in [0.4, 0.5) is 0 Å². The van der Waals surface area contributed by atoms with Gasteiger partial charge in [0, 0.05) is 0 Å². The highest BCUT2D eigenvalue weighted by Gasteiger charge is 2.21. The van der Waals surface area contributed by atoms with Crippen molar-refractivity contribution >= 4 is 5.97 Å². The van der Waals surface area contributed by atoms with E-state index in [4.69, 9.17) is 4.74 Å². The third kappa shape index (κ3) is 4.15. The van der Waals surface area contributed by atoms with Crippen LogP contribution in [0.15, 0.2) is 42.5 Å². The Kier molecular flexibility index (Phi) is 6.38. The van der Waals surface area contributed by atoms with E-state index in [9.17, 15) is 9.90 Å². The van der Waals surface area contributed by atoms with Gasteiger partial charge in [-0.15, -0.1) is 0 Å². The van der Waals surface area contributed by atoms with Crippen molar-refractivity contribution in [2.45, 2.75) is 39.4 Å². The number of ether oxygens (including phenoxy) is 2. The van der Waals surface area contributed by atoms with Crippen molar-refractivity contribution in [3.63, 3.8) is 0 Å². The maximum atomic E-state index is 11.6. The number of hydrogen-bond acceptors (Lipinski definition) is 4. The van der Waals surface area contributed by atoms with Crippen LogP contribution >= 0.6 is 0 Å². The molecule has 2 rings (SSSR count). The van der Waals surface area contributed by atoms with E-state index in [0.29, 0.717) is 5.56 Å². The first-order valence-electron chi connectivity index (χ1n) is 8.19. The van der Waals surface area contributed by atoms with E-state index < -0.39 is 12.1 Å². The Morgan fingerprint density at radius 1 is 1.08 bits per heavy atom. The smallest absolute Gasteiger partial charge is 0.339 e. The Morgan fingerprint density at radius 3 is 2.50 bits per heavy atom. The predicted octanol–water partition coefficient (Wildman–Crippen LogP) is 3.60. The van der Waals surface area contributed by atoms with Gasteiger partial charge in [0.15, 0.2) is 6.10 Å². The Morgan fingerprint density at radius 2 is 1.83 bits per heavy atom. The third-order valence-electron chi connectivity index (χ3n) is 4.08. The second kappa shape index (κ2) is 8.50. The van der Waals surface area contributed by atoms with E-state index in [1.54, 1.807) is 12.1 Å². The molecule has 24 heavy (non-hydrogen) atoms. The maximum Gasteiger partial charge on any atom is 0.339 e. The number of benzene rings is 2. The summed E-state index contributed by atoms with van der Waals surface area (Å²) in [5.41, 5.74) is 3.62. The van der Waals surface area contributed by atoms with Gasteiger partial charge in [-0.1, -0.05) is 50.2 Å². The van der Waals surface area contributed by atoms with Gasteiger partial charge in [0.05, 0.1) is 7.11 Å². The summed E-state index contributed by atoms with van der Waals surface area (Å²) in [6, 6.07) is 13.4. The molecule has 0 spiro atoms. The molecule has 2 aromatic carbocycles. The molecule has 0 radical (unpaired) electrons. The monoisotopic (exact) mass is 328 g/mol. The fourth-order valence-electron chi connectivity index (χ4n) is 2.57. The molecule has 128 valence electrons. The zero-order chi connectivity index (χ0) is 17.5. The lowest BCUT2D eigenvalue weighted by molar-refractivity contribution is -0.150. The highest BCUT2D eigenvalue weighted by molar-refractivity contribution is 5.76. The van der Waals surface area contributed by atoms with Crippen LogP contribution in [0.1, 0.15) is 42.2 Å². The zero-order valence-corrected chi connectivity index (χ0v) is 14.4. The first kappa shape index (κ1) is 18.0. The van der Waals surface area contributed by atoms with E-state index in [-0.39, 0.29) is 6.61 Å². The molecule has 2 aromatic rings. The number of aliphatic hydroxyl groups excluding tert-OH is 1. The van der Waals surface area contributed by atoms with Crippen LogP contribution in [0.5, 0.6) is 5.75 Å². The summed E-state index contributed by atoms with van der Waals surface area (Å²) in [4.78, 5) is 11.6. The number of aliphatic hydroxyl groups is 1. The molecule has 0 fully saturated rings. The lowest BCUT2D eigenvalue weighted by Gasteiger charge is -2.16. The second-order valence-electron chi connectivity index (χ2n) is 5.56. The molecule has 0 heterocycles. The quantitative estimate of drug-likeness (QED) is 0.789. The van der Waals surface area contributed by atoms with Crippen LogP contribution in [0.2, 0.25) is 0 Å². The third-order valence-corrected chi connectivity index (χ3v) is 4.08. The SMILES string of the molecule is CCc1ccc(CC)c(OCc2ccccc2C(O)C(=O)OC)c1. The lowest BCUT2D eigenvalue weighted by Crippen LogP contribution is -2.16. The van der Waals surface area contributed by atoms with Crippen LogP contribution in [-0.2, 0) is 29.0 Å². The van der Waals surface area contributed by atoms with Gasteiger partial charge in [0.1, 0.15) is 12.4 Å². The fraction of sp³-hybridized carbons (Fsp3) is 0.350. The van der Waals surface area contributed by atoms with E-state index >= 15 is 0 Å². The molecule has 1 N–H and O–H groups in total. The van der Waals surface area contributed by atoms with Crippen LogP contribution in [-0.4, -0.2) is 18.2 Å². The first-order chi connectivity index (χ1) is 11.6. The van der Waals surface area contributed by atoms with Gasteiger partial charge >= 0.3 is 5.97 Å². The molecule has 0 aliphatic carbocycles. The molecular weight excluding hydrogens is 304 g/mol. The number of methoxy groups -OCH3 is 1. The van der Waals surface area contributed by atoms with Gasteiger partial charge in [0.2, 0.25) is 0 Å². The predicted molar refractivity (Wildman–Crippen MR) is 92.9 cm³/mol. The summed E-state index contributed by atoms with van der Waals surface area (Å²) in [5.74, 6) is 0.170. The summed E-state index contributed by atoms with van der Waals surface area (Å²) >= 11 is 0. The number of esters is 1. The molecule has 1 atom stereocenters. The molecular formula is C20H24O4. The zero-order valence-electron chi connectivity index (χ0n) is 14.4. The molecule has 0 aromatic heterocycles. The normalized spacial score (nSPS) is 11.8. The van der Waals surface area contributed by atoms with Gasteiger partial charge in [0.25, 0.3) is 0 Å². The summed E-state index contributed by atoms with van der Waals surface area (Å²) in [6.45, 7) is 4.47. The van der Waals surface area contributed by atoms with Gasteiger partial charge in [-0.05, 0) is 41.2 Å². The number of aryl methyl sites for hydroxylation is 2. The van der Waals surface area contributed by atoms with E-state index in [0.717, 1.165) is 29.7 Å². The number of rotatable bonds is 7. The van der Waals surface area contributed by atoms with Crippen molar-refractivity contribution in [3.8, 4) is 5.75 Å². The standard InChI is InChI=1S/C20H24O4/c1-4-14-10-11-15(5-2)18(12-14)24-13-16-8-6-7-9-17(16)19(21)20(22)23-3/h6-12,19,21H,4-5,13H2,1-3H3. The maximum absolute atomic E-state index is 11.6. The van der Waals surface area contributed by atoms with Crippen molar-refractivity contribution in [2.75, 3.05) is 7.11 Å². The second-order valence-corrected chi connectivity index (χ2v) is 5.56. The van der Waals surface area contributed by atoms with Gasteiger partial charge in [-0.2, -0.15) is 0 Å². The first-order valence-corrected chi connectivity index (χ1v) is 8.19. The largest absolute Gasteiger partial charge is 0.489 e. The average molecular weight is 328 g/mol.